The fraction of sp³-hybridized carbons (Fsp3) is 0.600. The quantitative estimate of drug-likeness (QED) is 0.502. The van der Waals surface area contributed by atoms with Gasteiger partial charge in [-0.3, -0.25) is 4.79 Å². The SMILES string of the molecule is CCCCCCOc1cccc(NC(=S)NC(=O)C2CCCCC2)c1. The van der Waals surface area contributed by atoms with Crippen LogP contribution in [0.5, 0.6) is 5.75 Å². The van der Waals surface area contributed by atoms with Crippen LogP contribution in [0.3, 0.4) is 0 Å². The number of thiocarbonyl (C=S) groups is 1. The second kappa shape index (κ2) is 11.1. The number of hydrogen-bond acceptors (Lipinski definition) is 3. The molecule has 0 atom stereocenters. The molecule has 0 aliphatic heterocycles. The van der Waals surface area contributed by atoms with E-state index in [0.29, 0.717) is 5.11 Å². The zero-order valence-corrected chi connectivity index (χ0v) is 16.0. The summed E-state index contributed by atoms with van der Waals surface area (Å²) in [5.74, 6) is 0.967. The summed E-state index contributed by atoms with van der Waals surface area (Å²) in [4.78, 5) is 12.2. The van der Waals surface area contributed by atoms with Crippen molar-refractivity contribution in [1.82, 2.24) is 5.32 Å². The number of carbonyl (C=O) groups is 1. The van der Waals surface area contributed by atoms with Crippen molar-refractivity contribution >= 4 is 28.9 Å². The van der Waals surface area contributed by atoms with Gasteiger partial charge in [-0.05, 0) is 43.6 Å². The van der Waals surface area contributed by atoms with E-state index >= 15 is 0 Å². The Morgan fingerprint density at radius 1 is 1.20 bits per heavy atom. The molecule has 2 rings (SSSR count). The lowest BCUT2D eigenvalue weighted by Crippen LogP contribution is -2.38. The molecule has 0 heterocycles. The molecule has 1 aromatic carbocycles. The van der Waals surface area contributed by atoms with Crippen molar-refractivity contribution in [2.75, 3.05) is 11.9 Å². The highest BCUT2D eigenvalue weighted by Gasteiger charge is 2.21. The van der Waals surface area contributed by atoms with Gasteiger partial charge in [0, 0.05) is 17.7 Å². The minimum absolute atomic E-state index is 0.0422. The number of nitrogens with one attached hydrogen (secondary N) is 2. The van der Waals surface area contributed by atoms with Crippen molar-refractivity contribution in [2.45, 2.75) is 64.7 Å². The largest absolute Gasteiger partial charge is 0.494 e. The molecule has 1 fully saturated rings. The van der Waals surface area contributed by atoms with Crippen molar-refractivity contribution in [3.05, 3.63) is 24.3 Å². The van der Waals surface area contributed by atoms with E-state index in [1.165, 1.54) is 25.7 Å². The predicted molar refractivity (Wildman–Crippen MR) is 107 cm³/mol. The lowest BCUT2D eigenvalue weighted by molar-refractivity contribution is -0.124. The van der Waals surface area contributed by atoms with Gasteiger partial charge in [0.2, 0.25) is 5.91 Å². The van der Waals surface area contributed by atoms with Gasteiger partial charge in [0.15, 0.2) is 5.11 Å². The molecule has 1 amide bonds. The van der Waals surface area contributed by atoms with Gasteiger partial charge in [-0.2, -0.15) is 0 Å². The second-order valence-electron chi connectivity index (χ2n) is 6.72. The summed E-state index contributed by atoms with van der Waals surface area (Å²) >= 11 is 5.28. The zero-order valence-electron chi connectivity index (χ0n) is 15.2. The van der Waals surface area contributed by atoms with E-state index in [-0.39, 0.29) is 11.8 Å². The van der Waals surface area contributed by atoms with Crippen molar-refractivity contribution in [2.24, 2.45) is 5.92 Å². The van der Waals surface area contributed by atoms with E-state index < -0.39 is 0 Å². The van der Waals surface area contributed by atoms with Gasteiger partial charge in [-0.1, -0.05) is 51.5 Å². The molecule has 5 heteroatoms. The standard InChI is InChI=1S/C20H30N2O2S/c1-2-3-4-8-14-24-18-13-9-12-17(15-18)21-20(25)22-19(23)16-10-6-5-7-11-16/h9,12-13,15-16H,2-8,10-11,14H2,1H3,(H2,21,22,23,25). The molecule has 0 aromatic heterocycles. The van der Waals surface area contributed by atoms with Crippen LogP contribution in [-0.2, 0) is 4.79 Å². The normalized spacial score (nSPS) is 14.8. The summed E-state index contributed by atoms with van der Waals surface area (Å²) in [6, 6.07) is 7.70. The van der Waals surface area contributed by atoms with Gasteiger partial charge in [0.25, 0.3) is 0 Å². The maximum absolute atomic E-state index is 12.2. The van der Waals surface area contributed by atoms with Crippen molar-refractivity contribution in [1.29, 1.82) is 0 Å². The molecule has 138 valence electrons. The smallest absolute Gasteiger partial charge is 0.229 e. The molecular formula is C20H30N2O2S. The molecule has 2 N–H and O–H groups in total. The number of unbranched alkanes of at least 4 members (excludes halogenated alkanes) is 3. The fourth-order valence-corrected chi connectivity index (χ4v) is 3.34. The minimum atomic E-state index is 0.0422. The monoisotopic (exact) mass is 362 g/mol. The van der Waals surface area contributed by atoms with Crippen LogP contribution < -0.4 is 15.4 Å². The first-order chi connectivity index (χ1) is 12.2. The number of anilines is 1. The van der Waals surface area contributed by atoms with E-state index in [0.717, 1.165) is 50.1 Å². The Morgan fingerprint density at radius 3 is 2.76 bits per heavy atom. The summed E-state index contributed by atoms with van der Waals surface area (Å²) in [6.07, 6.45) is 10.2. The molecule has 1 saturated carbocycles. The number of carbonyl (C=O) groups excluding carboxylic acids is 1. The van der Waals surface area contributed by atoms with Gasteiger partial charge in [0.1, 0.15) is 5.75 Å². The topological polar surface area (TPSA) is 50.4 Å². The van der Waals surface area contributed by atoms with E-state index in [4.69, 9.17) is 17.0 Å². The van der Waals surface area contributed by atoms with Crippen molar-refractivity contribution < 1.29 is 9.53 Å². The van der Waals surface area contributed by atoms with Crippen LogP contribution in [0.25, 0.3) is 0 Å². The number of hydrogen-bond donors (Lipinski definition) is 2. The van der Waals surface area contributed by atoms with Crippen LogP contribution in [-0.4, -0.2) is 17.6 Å². The number of benzene rings is 1. The first-order valence-corrected chi connectivity index (χ1v) is 9.94. The van der Waals surface area contributed by atoms with Gasteiger partial charge in [0.05, 0.1) is 6.61 Å². The number of ether oxygens (including phenoxy) is 1. The summed E-state index contributed by atoms with van der Waals surface area (Å²) in [5, 5.41) is 6.26. The fourth-order valence-electron chi connectivity index (χ4n) is 3.12. The van der Waals surface area contributed by atoms with Crippen LogP contribution in [0.4, 0.5) is 5.69 Å². The highest BCUT2D eigenvalue weighted by atomic mass is 32.1. The Hall–Kier alpha value is -1.62. The Labute approximate surface area is 156 Å². The number of amides is 1. The van der Waals surface area contributed by atoms with Crippen LogP contribution >= 0.6 is 12.2 Å². The van der Waals surface area contributed by atoms with Crippen LogP contribution in [0.15, 0.2) is 24.3 Å². The molecule has 0 bridgehead atoms. The summed E-state index contributed by atoms with van der Waals surface area (Å²) in [6.45, 7) is 2.93. The lowest BCUT2D eigenvalue weighted by Gasteiger charge is -2.21. The average molecular weight is 363 g/mol. The molecular weight excluding hydrogens is 332 g/mol. The minimum Gasteiger partial charge on any atom is -0.494 e. The summed E-state index contributed by atoms with van der Waals surface area (Å²) in [5.41, 5.74) is 0.833. The molecule has 0 spiro atoms. The maximum atomic E-state index is 12.2. The van der Waals surface area contributed by atoms with Crippen molar-refractivity contribution in [3.8, 4) is 5.75 Å². The third-order valence-corrected chi connectivity index (χ3v) is 4.78. The Morgan fingerprint density at radius 2 is 2.00 bits per heavy atom. The molecule has 1 aliphatic rings. The number of rotatable bonds is 8. The third-order valence-electron chi connectivity index (χ3n) is 4.57. The van der Waals surface area contributed by atoms with Crippen molar-refractivity contribution in [3.63, 3.8) is 0 Å². The van der Waals surface area contributed by atoms with E-state index in [1.54, 1.807) is 0 Å². The van der Waals surface area contributed by atoms with Gasteiger partial charge >= 0.3 is 0 Å². The molecule has 25 heavy (non-hydrogen) atoms. The van der Waals surface area contributed by atoms with Crippen LogP contribution in [0.2, 0.25) is 0 Å². The van der Waals surface area contributed by atoms with Crippen LogP contribution in [0.1, 0.15) is 64.7 Å². The van der Waals surface area contributed by atoms with E-state index in [1.807, 2.05) is 24.3 Å². The predicted octanol–water partition coefficient (Wildman–Crippen LogP) is 5.04. The van der Waals surface area contributed by atoms with E-state index in [9.17, 15) is 4.79 Å². The summed E-state index contributed by atoms with van der Waals surface area (Å²) < 4.78 is 5.78. The van der Waals surface area contributed by atoms with Gasteiger partial charge < -0.3 is 15.4 Å². The highest BCUT2D eigenvalue weighted by Crippen LogP contribution is 2.23. The summed E-state index contributed by atoms with van der Waals surface area (Å²) in [7, 11) is 0. The molecule has 4 nitrogen and oxygen atoms in total. The Bertz CT molecular complexity index is 556. The average Bonchev–Trinajstić information content (AvgIpc) is 2.62. The van der Waals surface area contributed by atoms with E-state index in [2.05, 4.69) is 17.6 Å². The lowest BCUT2D eigenvalue weighted by atomic mass is 9.89. The highest BCUT2D eigenvalue weighted by molar-refractivity contribution is 7.80. The molecule has 0 saturated heterocycles. The van der Waals surface area contributed by atoms with Gasteiger partial charge in [-0.25, -0.2) is 0 Å². The van der Waals surface area contributed by atoms with Crippen LogP contribution in [0, 0.1) is 5.92 Å². The molecule has 0 radical (unpaired) electrons. The Kier molecular flexibility index (Phi) is 8.73. The zero-order chi connectivity index (χ0) is 17.9. The first kappa shape index (κ1) is 19.7. The Balaban J connectivity index is 1.76. The molecule has 1 aliphatic carbocycles. The third kappa shape index (κ3) is 7.43. The second-order valence-corrected chi connectivity index (χ2v) is 7.12. The maximum Gasteiger partial charge on any atom is 0.229 e. The molecule has 0 unspecified atom stereocenters. The van der Waals surface area contributed by atoms with Gasteiger partial charge in [-0.15, -0.1) is 0 Å². The first-order valence-electron chi connectivity index (χ1n) is 9.53. The molecule has 1 aromatic rings.